The zero-order chi connectivity index (χ0) is 24.8. The van der Waals surface area contributed by atoms with E-state index in [1.165, 1.54) is 17.3 Å². The number of nitrogens with zero attached hydrogens (tertiary/aromatic N) is 1. The number of hydrogen-bond acceptors (Lipinski definition) is 5. The van der Waals surface area contributed by atoms with Gasteiger partial charge in [0, 0.05) is 5.02 Å². The second-order valence-corrected chi connectivity index (χ2v) is 10.3. The number of halogens is 2. The van der Waals surface area contributed by atoms with Gasteiger partial charge in [-0.15, -0.1) is 0 Å². The third-order valence-electron chi connectivity index (χ3n) is 5.15. The largest absolute Gasteiger partial charge is 0.490 e. The minimum atomic E-state index is -0.171. The van der Waals surface area contributed by atoms with E-state index in [0.717, 1.165) is 26.8 Å². The Hall–Kier alpha value is -2.49. The van der Waals surface area contributed by atoms with Crippen molar-refractivity contribution in [3.8, 4) is 11.5 Å². The highest BCUT2D eigenvalue weighted by Crippen LogP contribution is 2.37. The summed E-state index contributed by atoms with van der Waals surface area (Å²) in [4.78, 5) is 17.7. The van der Waals surface area contributed by atoms with Gasteiger partial charge in [0.2, 0.25) is 0 Å². The van der Waals surface area contributed by atoms with Crippen molar-refractivity contribution in [3.63, 3.8) is 0 Å². The van der Waals surface area contributed by atoms with Crippen LogP contribution in [0.3, 0.4) is 0 Å². The van der Waals surface area contributed by atoms with E-state index in [-0.39, 0.29) is 5.91 Å². The summed E-state index contributed by atoms with van der Waals surface area (Å²) in [5, 5.41) is 4.10. The van der Waals surface area contributed by atoms with Crippen LogP contribution in [-0.4, -0.2) is 17.7 Å². The van der Waals surface area contributed by atoms with E-state index in [4.69, 9.17) is 21.1 Å². The predicted molar refractivity (Wildman–Crippen MR) is 153 cm³/mol. The summed E-state index contributed by atoms with van der Waals surface area (Å²) in [5.41, 5.74) is 3.91. The smallest absolute Gasteiger partial charge is 0.264 e. The maximum atomic E-state index is 12.6. The first-order valence-electron chi connectivity index (χ1n) is 11.2. The minimum Gasteiger partial charge on any atom is -0.490 e. The van der Waals surface area contributed by atoms with Gasteiger partial charge in [-0.1, -0.05) is 42.8 Å². The second-order valence-electron chi connectivity index (χ2n) is 7.68. The quantitative estimate of drug-likeness (QED) is 0.212. The monoisotopic (exact) mass is 618 g/mol. The number of hydrogen-bond donors (Lipinski definition) is 1. The Morgan fingerprint density at radius 1 is 1.03 bits per heavy atom. The van der Waals surface area contributed by atoms with E-state index in [1.54, 1.807) is 0 Å². The summed E-state index contributed by atoms with van der Waals surface area (Å²) in [5.74, 6) is 1.13. The Kier molecular flexibility index (Phi) is 8.75. The highest BCUT2D eigenvalue weighted by Gasteiger charge is 2.24. The molecule has 180 valence electrons. The summed E-state index contributed by atoms with van der Waals surface area (Å²) in [7, 11) is 0. The molecule has 35 heavy (non-hydrogen) atoms. The van der Waals surface area contributed by atoms with Crippen molar-refractivity contribution in [2.45, 2.75) is 26.9 Å². The molecule has 3 aromatic rings. The van der Waals surface area contributed by atoms with Crippen LogP contribution >= 0.6 is 46.0 Å². The van der Waals surface area contributed by atoms with Gasteiger partial charge in [0.1, 0.15) is 6.61 Å². The Morgan fingerprint density at radius 2 is 1.74 bits per heavy atom. The summed E-state index contributed by atoms with van der Waals surface area (Å²) >= 11 is 9.52. The second kappa shape index (κ2) is 12.0. The van der Waals surface area contributed by atoms with Gasteiger partial charge in [-0.2, -0.15) is 0 Å². The lowest BCUT2D eigenvalue weighted by Crippen LogP contribution is -2.19. The first-order chi connectivity index (χ1) is 16.9. The predicted octanol–water partition coefficient (Wildman–Crippen LogP) is 7.38. The number of carbonyl (C=O) groups excluding carboxylic acids is 1. The van der Waals surface area contributed by atoms with Crippen LogP contribution in [0.1, 0.15) is 30.5 Å². The molecule has 3 aromatic carbocycles. The number of thioether (sulfide) groups is 1. The number of amidine groups is 1. The summed E-state index contributed by atoms with van der Waals surface area (Å²) < 4.78 is 12.8. The van der Waals surface area contributed by atoms with Crippen molar-refractivity contribution >= 4 is 68.8 Å². The minimum absolute atomic E-state index is 0.171. The third kappa shape index (κ3) is 6.80. The number of ether oxygens (including phenoxy) is 2. The maximum Gasteiger partial charge on any atom is 0.264 e. The third-order valence-corrected chi connectivity index (χ3v) is 7.12. The van der Waals surface area contributed by atoms with Crippen LogP contribution in [0.15, 0.2) is 70.6 Å². The van der Waals surface area contributed by atoms with Crippen LogP contribution in [0.5, 0.6) is 11.5 Å². The van der Waals surface area contributed by atoms with Gasteiger partial charge in [-0.25, -0.2) is 4.99 Å². The molecular formula is C27H24ClIN2O3S. The van der Waals surface area contributed by atoms with E-state index in [2.05, 4.69) is 39.8 Å². The van der Waals surface area contributed by atoms with Gasteiger partial charge in [-0.3, -0.25) is 4.79 Å². The Morgan fingerprint density at radius 3 is 2.43 bits per heavy atom. The zero-order valence-corrected chi connectivity index (χ0v) is 23.0. The van der Waals surface area contributed by atoms with E-state index in [9.17, 15) is 4.79 Å². The van der Waals surface area contributed by atoms with Crippen LogP contribution in [0.25, 0.3) is 6.08 Å². The van der Waals surface area contributed by atoms with Crippen molar-refractivity contribution in [1.82, 2.24) is 5.32 Å². The van der Waals surface area contributed by atoms with E-state index in [1.807, 2.05) is 73.7 Å². The van der Waals surface area contributed by atoms with Gasteiger partial charge in [-0.05, 0) is 107 Å². The molecule has 8 heteroatoms. The number of aliphatic imine (C=N–C) groups is 1. The summed E-state index contributed by atoms with van der Waals surface area (Å²) in [6, 6.07) is 19.4. The molecular weight excluding hydrogens is 595 g/mol. The molecule has 1 aliphatic heterocycles. The topological polar surface area (TPSA) is 59.9 Å². The Labute approximate surface area is 228 Å². The number of carbonyl (C=O) groups is 1. The van der Waals surface area contributed by atoms with E-state index in [0.29, 0.717) is 39.8 Å². The molecule has 1 N–H and O–H groups in total. The zero-order valence-electron chi connectivity index (χ0n) is 19.3. The molecule has 1 heterocycles. The molecule has 1 amide bonds. The Bertz CT molecular complexity index is 1270. The molecule has 5 nitrogen and oxygen atoms in total. The fourth-order valence-corrected chi connectivity index (χ4v) is 5.11. The number of aryl methyl sites for hydroxylation is 1. The Balaban J connectivity index is 1.53. The van der Waals surface area contributed by atoms with Gasteiger partial charge in [0.25, 0.3) is 5.91 Å². The average molecular weight is 619 g/mol. The number of nitrogens with one attached hydrogen (secondary N) is 1. The molecule has 0 aromatic heterocycles. The molecule has 4 rings (SSSR count). The van der Waals surface area contributed by atoms with Crippen LogP contribution in [0.2, 0.25) is 5.02 Å². The SMILES string of the molecule is CCOc1cc(/C=C2\SC(=Nc3ccc(CC)cc3)NC2=O)cc(I)c1OCc1ccc(Cl)cc1. The van der Waals surface area contributed by atoms with Gasteiger partial charge in [0.05, 0.1) is 20.8 Å². The standard InChI is InChI=1S/C27H24ClIN2O3S/c1-3-17-7-11-21(12-8-17)30-27-31-26(32)24(35-27)15-19-13-22(29)25(23(14-19)33-4-2)34-16-18-5-9-20(28)10-6-18/h5-15H,3-4,16H2,1-2H3,(H,30,31,32)/b24-15-. The highest BCUT2D eigenvalue weighted by atomic mass is 127. The van der Waals surface area contributed by atoms with Crippen molar-refractivity contribution in [2.75, 3.05) is 6.61 Å². The highest BCUT2D eigenvalue weighted by molar-refractivity contribution is 14.1. The first kappa shape index (κ1) is 25.6. The number of amides is 1. The maximum absolute atomic E-state index is 12.6. The average Bonchev–Trinajstić information content (AvgIpc) is 3.18. The molecule has 0 spiro atoms. The van der Waals surface area contributed by atoms with Crippen LogP contribution in [0, 0.1) is 3.57 Å². The molecule has 1 fully saturated rings. The molecule has 0 unspecified atom stereocenters. The summed E-state index contributed by atoms with van der Waals surface area (Å²) in [6.45, 7) is 4.93. The number of benzene rings is 3. The molecule has 0 bridgehead atoms. The van der Waals surface area contributed by atoms with Gasteiger partial charge < -0.3 is 14.8 Å². The number of rotatable bonds is 8. The molecule has 1 saturated heterocycles. The van der Waals surface area contributed by atoms with Crippen LogP contribution in [0.4, 0.5) is 5.69 Å². The lowest BCUT2D eigenvalue weighted by Gasteiger charge is -2.15. The molecule has 1 aliphatic rings. The van der Waals surface area contributed by atoms with Gasteiger partial charge in [0.15, 0.2) is 16.7 Å². The van der Waals surface area contributed by atoms with E-state index >= 15 is 0 Å². The molecule has 0 atom stereocenters. The molecule has 0 aliphatic carbocycles. The van der Waals surface area contributed by atoms with Gasteiger partial charge >= 0.3 is 0 Å². The van der Waals surface area contributed by atoms with Crippen molar-refractivity contribution in [2.24, 2.45) is 4.99 Å². The van der Waals surface area contributed by atoms with Crippen molar-refractivity contribution < 1.29 is 14.3 Å². The van der Waals surface area contributed by atoms with Crippen LogP contribution < -0.4 is 14.8 Å². The lowest BCUT2D eigenvalue weighted by molar-refractivity contribution is -0.115. The molecule has 0 radical (unpaired) electrons. The van der Waals surface area contributed by atoms with Crippen molar-refractivity contribution in [3.05, 3.63) is 90.9 Å². The lowest BCUT2D eigenvalue weighted by atomic mass is 10.1. The summed E-state index contributed by atoms with van der Waals surface area (Å²) in [6.07, 6.45) is 2.82. The molecule has 0 saturated carbocycles. The van der Waals surface area contributed by atoms with E-state index < -0.39 is 0 Å². The van der Waals surface area contributed by atoms with Crippen LogP contribution in [-0.2, 0) is 17.8 Å². The fraction of sp³-hybridized carbons (Fsp3) is 0.185. The normalized spacial score (nSPS) is 15.5. The first-order valence-corrected chi connectivity index (χ1v) is 13.4. The van der Waals surface area contributed by atoms with Crippen molar-refractivity contribution in [1.29, 1.82) is 0 Å². The fourth-order valence-electron chi connectivity index (χ4n) is 3.37.